The van der Waals surface area contributed by atoms with E-state index >= 15 is 0 Å². The molecule has 0 aliphatic carbocycles. The molecule has 0 radical (unpaired) electrons. The number of nitrogens with one attached hydrogen (secondary N) is 1. The molecular weight excluding hydrogens is 592 g/mol. The lowest BCUT2D eigenvalue weighted by atomic mass is 10.1. The highest BCUT2D eigenvalue weighted by Crippen LogP contribution is 2.37. The summed E-state index contributed by atoms with van der Waals surface area (Å²) >= 11 is 12.9. The predicted octanol–water partition coefficient (Wildman–Crippen LogP) is 8.11. The zero-order valence-electron chi connectivity index (χ0n) is 19.6. The Bertz CT molecular complexity index is 1640. The molecule has 0 atom stereocenters. The number of benzene rings is 4. The van der Waals surface area contributed by atoms with Crippen LogP contribution in [-0.4, -0.2) is 29.2 Å². The number of rotatable bonds is 7. The van der Waals surface area contributed by atoms with Crippen LogP contribution in [0.1, 0.15) is 5.56 Å². The monoisotopic (exact) mass is 610 g/mol. The first-order valence-electron chi connectivity index (χ1n) is 11.3. The lowest BCUT2D eigenvalue weighted by molar-refractivity contribution is -0.144. The van der Waals surface area contributed by atoms with Crippen molar-refractivity contribution >= 4 is 89.2 Å². The number of carbonyl (C=O) groups excluding carboxylic acids is 2. The summed E-state index contributed by atoms with van der Waals surface area (Å²) in [6, 6.07) is 23.1. The van der Waals surface area contributed by atoms with Gasteiger partial charge in [-0.1, -0.05) is 45.7 Å². The highest BCUT2D eigenvalue weighted by atomic mass is 79.9. The molecule has 1 aromatic heterocycles. The molecule has 1 heterocycles. The third-order valence-electron chi connectivity index (χ3n) is 5.57. The summed E-state index contributed by atoms with van der Waals surface area (Å²) in [6.45, 7) is 1.70. The van der Waals surface area contributed by atoms with E-state index in [4.69, 9.17) is 21.3 Å². The number of halogens is 2. The van der Waals surface area contributed by atoms with Crippen molar-refractivity contribution in [3.05, 3.63) is 87.9 Å². The van der Waals surface area contributed by atoms with Crippen molar-refractivity contribution in [2.24, 2.45) is 0 Å². The quantitative estimate of drug-likeness (QED) is 0.149. The summed E-state index contributed by atoms with van der Waals surface area (Å²) in [5.41, 5.74) is 3.76. The standard InChI is InChI=1S/C28H20BrClN2O3S2/c1-16-5-11-22-24(13-16)37-28(32-22)17-6-8-18(9-7-17)31-25(33)14-35-26(34)15-36-23-12-10-20(29)19-3-2-4-21(30)27(19)23/h2-13H,14-15H2,1H3,(H,31,33). The number of nitrogens with zero attached hydrogens (tertiary/aromatic N) is 1. The van der Waals surface area contributed by atoms with Crippen LogP contribution in [0.15, 0.2) is 82.2 Å². The number of amides is 1. The molecule has 0 fully saturated rings. The van der Waals surface area contributed by atoms with Crippen LogP contribution in [0.25, 0.3) is 31.6 Å². The summed E-state index contributed by atoms with van der Waals surface area (Å²) in [5, 5.41) is 6.13. The normalized spacial score (nSPS) is 11.1. The van der Waals surface area contributed by atoms with Crippen LogP contribution < -0.4 is 5.32 Å². The van der Waals surface area contributed by atoms with Gasteiger partial charge in [-0.3, -0.25) is 9.59 Å². The van der Waals surface area contributed by atoms with Gasteiger partial charge in [-0.05, 0) is 72.5 Å². The van der Waals surface area contributed by atoms with E-state index in [2.05, 4.69) is 34.2 Å². The number of fused-ring (bicyclic) bond motifs is 2. The maximum atomic E-state index is 12.3. The Hall–Kier alpha value is -2.91. The fraction of sp³-hybridized carbons (Fsp3) is 0.107. The Labute approximate surface area is 235 Å². The van der Waals surface area contributed by atoms with Crippen LogP contribution in [0.5, 0.6) is 0 Å². The summed E-state index contributed by atoms with van der Waals surface area (Å²) in [5.74, 6) is -0.825. The number of aromatic nitrogens is 1. The van der Waals surface area contributed by atoms with Crippen molar-refractivity contribution in [3.8, 4) is 10.6 Å². The lowest BCUT2D eigenvalue weighted by Gasteiger charge is -2.10. The molecule has 5 rings (SSSR count). The topological polar surface area (TPSA) is 68.3 Å². The van der Waals surface area contributed by atoms with Crippen molar-refractivity contribution in [3.63, 3.8) is 0 Å². The fourth-order valence-corrected chi connectivity index (χ4v) is 6.54. The SMILES string of the molecule is Cc1ccc2nc(-c3ccc(NC(=O)COC(=O)CSc4ccc(Br)c5cccc(Cl)c45)cc3)sc2c1. The Morgan fingerprint density at radius 2 is 1.89 bits per heavy atom. The van der Waals surface area contributed by atoms with Gasteiger partial charge in [-0.2, -0.15) is 0 Å². The summed E-state index contributed by atoms with van der Waals surface area (Å²) in [7, 11) is 0. The second-order valence-electron chi connectivity index (χ2n) is 8.27. The molecule has 0 saturated heterocycles. The van der Waals surface area contributed by atoms with Crippen molar-refractivity contribution in [1.82, 2.24) is 4.98 Å². The minimum absolute atomic E-state index is 0.0611. The van der Waals surface area contributed by atoms with Crippen LogP contribution in [0.4, 0.5) is 5.69 Å². The number of hydrogen-bond donors (Lipinski definition) is 1. The summed E-state index contributed by atoms with van der Waals surface area (Å²) in [4.78, 5) is 30.2. The maximum Gasteiger partial charge on any atom is 0.316 e. The van der Waals surface area contributed by atoms with Crippen molar-refractivity contribution in [2.75, 3.05) is 17.7 Å². The van der Waals surface area contributed by atoms with E-state index in [1.54, 1.807) is 11.3 Å². The number of ether oxygens (including phenoxy) is 1. The highest BCUT2D eigenvalue weighted by molar-refractivity contribution is 9.10. The molecule has 0 aliphatic rings. The number of anilines is 1. The molecule has 0 aliphatic heterocycles. The number of thioether (sulfide) groups is 1. The van der Waals surface area contributed by atoms with Crippen LogP contribution in [0.3, 0.4) is 0 Å². The molecule has 0 spiro atoms. The van der Waals surface area contributed by atoms with Gasteiger partial charge in [0.05, 0.1) is 16.0 Å². The zero-order valence-corrected chi connectivity index (χ0v) is 23.6. The minimum Gasteiger partial charge on any atom is -0.455 e. The van der Waals surface area contributed by atoms with Crippen LogP contribution in [-0.2, 0) is 14.3 Å². The van der Waals surface area contributed by atoms with Crippen molar-refractivity contribution in [2.45, 2.75) is 11.8 Å². The average molecular weight is 612 g/mol. The van der Waals surface area contributed by atoms with Gasteiger partial charge < -0.3 is 10.1 Å². The van der Waals surface area contributed by atoms with E-state index < -0.39 is 11.9 Å². The molecule has 186 valence electrons. The van der Waals surface area contributed by atoms with Gasteiger partial charge >= 0.3 is 5.97 Å². The Morgan fingerprint density at radius 3 is 2.70 bits per heavy atom. The molecule has 37 heavy (non-hydrogen) atoms. The van der Waals surface area contributed by atoms with E-state index in [9.17, 15) is 9.59 Å². The number of aryl methyl sites for hydroxylation is 1. The van der Waals surface area contributed by atoms with E-state index in [0.29, 0.717) is 10.7 Å². The minimum atomic E-state index is -0.482. The van der Waals surface area contributed by atoms with Crippen LogP contribution in [0.2, 0.25) is 5.02 Å². The van der Waals surface area contributed by atoms with Crippen molar-refractivity contribution in [1.29, 1.82) is 0 Å². The fourth-order valence-electron chi connectivity index (χ4n) is 3.79. The van der Waals surface area contributed by atoms with E-state index in [1.165, 1.54) is 17.3 Å². The van der Waals surface area contributed by atoms with E-state index in [1.807, 2.05) is 66.7 Å². The summed E-state index contributed by atoms with van der Waals surface area (Å²) in [6.07, 6.45) is 0. The molecule has 5 aromatic rings. The third kappa shape index (κ3) is 5.99. The van der Waals surface area contributed by atoms with Crippen LogP contribution in [0, 0.1) is 6.92 Å². The van der Waals surface area contributed by atoms with Gasteiger partial charge in [0.15, 0.2) is 6.61 Å². The Balaban J connectivity index is 1.14. The van der Waals surface area contributed by atoms with Gasteiger partial charge in [-0.25, -0.2) is 4.98 Å². The second-order valence-corrected chi connectivity index (χ2v) is 11.6. The summed E-state index contributed by atoms with van der Waals surface area (Å²) < 4.78 is 7.25. The number of thiazole rings is 1. The third-order valence-corrected chi connectivity index (χ3v) is 8.67. The van der Waals surface area contributed by atoms with Gasteiger partial charge in [0, 0.05) is 31.0 Å². The van der Waals surface area contributed by atoms with Gasteiger partial charge in [0.2, 0.25) is 0 Å². The molecule has 0 saturated carbocycles. The molecule has 1 N–H and O–H groups in total. The lowest BCUT2D eigenvalue weighted by Crippen LogP contribution is -2.21. The second kappa shape index (κ2) is 11.2. The smallest absolute Gasteiger partial charge is 0.316 e. The molecule has 1 amide bonds. The van der Waals surface area contributed by atoms with E-state index in [0.717, 1.165) is 40.9 Å². The molecule has 5 nitrogen and oxygen atoms in total. The largest absolute Gasteiger partial charge is 0.455 e. The first-order valence-corrected chi connectivity index (χ1v) is 14.3. The Kier molecular flexibility index (Phi) is 7.81. The first-order chi connectivity index (χ1) is 17.9. The maximum absolute atomic E-state index is 12.3. The van der Waals surface area contributed by atoms with E-state index in [-0.39, 0.29) is 12.4 Å². The van der Waals surface area contributed by atoms with Crippen LogP contribution >= 0.6 is 50.6 Å². The first kappa shape index (κ1) is 25.7. The molecule has 0 bridgehead atoms. The molecule has 4 aromatic carbocycles. The van der Waals surface area contributed by atoms with Gasteiger partial charge in [0.1, 0.15) is 5.01 Å². The molecule has 9 heteroatoms. The predicted molar refractivity (Wildman–Crippen MR) is 157 cm³/mol. The van der Waals surface area contributed by atoms with Crippen molar-refractivity contribution < 1.29 is 14.3 Å². The Morgan fingerprint density at radius 1 is 1.08 bits per heavy atom. The molecule has 0 unspecified atom stereocenters. The van der Waals surface area contributed by atoms with Gasteiger partial charge in [-0.15, -0.1) is 23.1 Å². The average Bonchev–Trinajstić information content (AvgIpc) is 3.31. The highest BCUT2D eigenvalue weighted by Gasteiger charge is 2.13. The molecular formula is C28H20BrClN2O3S2. The number of carbonyl (C=O) groups is 2. The zero-order chi connectivity index (χ0) is 25.9. The van der Waals surface area contributed by atoms with Gasteiger partial charge in [0.25, 0.3) is 5.91 Å². The number of hydrogen-bond acceptors (Lipinski definition) is 6. The number of esters is 1.